The molecular weight excluding hydrogens is 497 g/mol. The van der Waals surface area contributed by atoms with Crippen LogP contribution in [0.5, 0.6) is 17.2 Å². The van der Waals surface area contributed by atoms with Crippen LogP contribution in [0.1, 0.15) is 24.2 Å². The lowest BCUT2D eigenvalue weighted by Gasteiger charge is -2.17. The van der Waals surface area contributed by atoms with Crippen LogP contribution in [-0.2, 0) is 6.42 Å². The fourth-order valence-corrected chi connectivity index (χ4v) is 3.23. The molecule has 3 N–H and O–H groups in total. The first-order chi connectivity index (χ1) is 14.1. The van der Waals surface area contributed by atoms with Gasteiger partial charge in [0.15, 0.2) is 5.96 Å². The highest BCUT2D eigenvalue weighted by molar-refractivity contribution is 14.0. The van der Waals surface area contributed by atoms with Crippen LogP contribution >= 0.6 is 24.0 Å². The number of fused-ring (bicyclic) bond motifs is 1. The molecule has 1 aliphatic rings. The normalized spacial score (nSPS) is 16.0. The fourth-order valence-electron chi connectivity index (χ4n) is 3.23. The van der Waals surface area contributed by atoms with Gasteiger partial charge in [0, 0.05) is 19.0 Å². The standard InChI is InChI=1S/C22H29N3O4.HI/c1-4-23-22(24-13-19-9-15-7-5-6-8-21(15)29-19)25-14-20(26)16-10-17(27-2)12-18(11-16)28-3;/h5-8,10-12,19-20,26H,4,9,13-14H2,1-3H3,(H2,23,24,25);1H. The highest BCUT2D eigenvalue weighted by Gasteiger charge is 2.22. The molecule has 2 atom stereocenters. The van der Waals surface area contributed by atoms with Gasteiger partial charge in [0.05, 0.1) is 33.4 Å². The summed E-state index contributed by atoms with van der Waals surface area (Å²) in [6, 6.07) is 13.4. The van der Waals surface area contributed by atoms with E-state index < -0.39 is 6.10 Å². The van der Waals surface area contributed by atoms with Crippen molar-refractivity contribution in [2.45, 2.75) is 25.6 Å². The Bertz CT molecular complexity index is 800. The van der Waals surface area contributed by atoms with E-state index in [-0.39, 0.29) is 36.6 Å². The van der Waals surface area contributed by atoms with E-state index in [2.05, 4.69) is 21.7 Å². The molecule has 164 valence electrons. The van der Waals surface area contributed by atoms with E-state index in [9.17, 15) is 5.11 Å². The van der Waals surface area contributed by atoms with Crippen molar-refractivity contribution >= 4 is 29.9 Å². The number of aliphatic imine (C=N–C) groups is 1. The molecule has 7 nitrogen and oxygen atoms in total. The van der Waals surface area contributed by atoms with E-state index in [1.807, 2.05) is 25.1 Å². The predicted molar refractivity (Wildman–Crippen MR) is 128 cm³/mol. The van der Waals surface area contributed by atoms with Gasteiger partial charge in [-0.15, -0.1) is 24.0 Å². The van der Waals surface area contributed by atoms with E-state index in [0.29, 0.717) is 29.6 Å². The van der Waals surface area contributed by atoms with Crippen molar-refractivity contribution in [1.82, 2.24) is 10.6 Å². The highest BCUT2D eigenvalue weighted by Crippen LogP contribution is 2.28. The Morgan fingerprint density at radius 2 is 1.87 bits per heavy atom. The zero-order valence-corrected chi connectivity index (χ0v) is 19.9. The van der Waals surface area contributed by atoms with Crippen LogP contribution in [0.4, 0.5) is 0 Å². The smallest absolute Gasteiger partial charge is 0.191 e. The largest absolute Gasteiger partial charge is 0.497 e. The van der Waals surface area contributed by atoms with Gasteiger partial charge in [0.25, 0.3) is 0 Å². The van der Waals surface area contributed by atoms with Crippen molar-refractivity contribution in [3.63, 3.8) is 0 Å². The van der Waals surface area contributed by atoms with Crippen molar-refractivity contribution in [1.29, 1.82) is 0 Å². The molecule has 0 spiro atoms. The van der Waals surface area contributed by atoms with Crippen molar-refractivity contribution < 1.29 is 19.3 Å². The van der Waals surface area contributed by atoms with Crippen LogP contribution in [0.3, 0.4) is 0 Å². The quantitative estimate of drug-likeness (QED) is 0.278. The molecule has 0 fully saturated rings. The number of rotatable bonds is 8. The highest BCUT2D eigenvalue weighted by atomic mass is 127. The summed E-state index contributed by atoms with van der Waals surface area (Å²) in [5, 5.41) is 17.1. The third-order valence-corrected chi connectivity index (χ3v) is 4.74. The molecule has 8 heteroatoms. The van der Waals surface area contributed by atoms with E-state index in [4.69, 9.17) is 14.2 Å². The topological polar surface area (TPSA) is 84.3 Å². The number of hydrogen-bond donors (Lipinski definition) is 3. The number of aliphatic hydroxyl groups is 1. The number of guanidine groups is 1. The summed E-state index contributed by atoms with van der Waals surface area (Å²) in [5.41, 5.74) is 1.92. The molecule has 30 heavy (non-hydrogen) atoms. The van der Waals surface area contributed by atoms with Crippen LogP contribution < -0.4 is 24.8 Å². The first-order valence-electron chi connectivity index (χ1n) is 9.80. The van der Waals surface area contributed by atoms with Gasteiger partial charge < -0.3 is 30.0 Å². The maximum atomic E-state index is 10.6. The first-order valence-corrected chi connectivity index (χ1v) is 9.80. The van der Waals surface area contributed by atoms with Crippen molar-refractivity contribution in [2.75, 3.05) is 33.9 Å². The molecule has 1 aliphatic heterocycles. The van der Waals surface area contributed by atoms with Crippen LogP contribution in [-0.4, -0.2) is 51.0 Å². The summed E-state index contributed by atoms with van der Waals surface area (Å²) in [7, 11) is 3.17. The van der Waals surface area contributed by atoms with Gasteiger partial charge in [-0.05, 0) is 36.2 Å². The Hall–Kier alpha value is -2.20. The number of benzene rings is 2. The Morgan fingerprint density at radius 3 is 2.50 bits per heavy atom. The second kappa shape index (κ2) is 11.8. The Morgan fingerprint density at radius 1 is 1.17 bits per heavy atom. The van der Waals surface area contributed by atoms with Gasteiger partial charge in [-0.3, -0.25) is 4.99 Å². The van der Waals surface area contributed by atoms with Gasteiger partial charge in [-0.1, -0.05) is 18.2 Å². The van der Waals surface area contributed by atoms with Gasteiger partial charge >= 0.3 is 0 Å². The second-order valence-electron chi connectivity index (χ2n) is 6.81. The number of para-hydroxylation sites is 1. The number of halogens is 1. The van der Waals surface area contributed by atoms with Gasteiger partial charge in [-0.2, -0.15) is 0 Å². The molecule has 0 aromatic heterocycles. The minimum Gasteiger partial charge on any atom is -0.497 e. The summed E-state index contributed by atoms with van der Waals surface area (Å²) < 4.78 is 16.5. The molecule has 0 saturated heterocycles. The van der Waals surface area contributed by atoms with E-state index in [0.717, 1.165) is 18.7 Å². The predicted octanol–water partition coefficient (Wildman–Crippen LogP) is 2.91. The third kappa shape index (κ3) is 6.40. The number of nitrogens with zero attached hydrogens (tertiary/aromatic N) is 1. The molecule has 0 amide bonds. The minimum atomic E-state index is -0.776. The molecule has 0 radical (unpaired) electrons. The second-order valence-corrected chi connectivity index (χ2v) is 6.81. The number of methoxy groups -OCH3 is 2. The fraction of sp³-hybridized carbons (Fsp3) is 0.409. The maximum absolute atomic E-state index is 10.6. The number of nitrogens with one attached hydrogen (secondary N) is 2. The SMILES string of the molecule is CCNC(=NCC(O)c1cc(OC)cc(OC)c1)NCC1Cc2ccccc2O1.I. The molecule has 1 heterocycles. The van der Waals surface area contributed by atoms with Crippen molar-refractivity contribution in [3.8, 4) is 17.2 Å². The molecule has 2 aromatic carbocycles. The Labute approximate surface area is 194 Å². The van der Waals surface area contributed by atoms with Gasteiger partial charge in [0.2, 0.25) is 0 Å². The lowest BCUT2D eigenvalue weighted by Crippen LogP contribution is -2.42. The third-order valence-electron chi connectivity index (χ3n) is 4.74. The molecular formula is C22H30IN3O4. The summed E-state index contributed by atoms with van der Waals surface area (Å²) in [5.74, 6) is 2.85. The Kier molecular flexibility index (Phi) is 9.51. The molecule has 0 saturated carbocycles. The summed E-state index contributed by atoms with van der Waals surface area (Å²) in [6.45, 7) is 3.56. The molecule has 0 aliphatic carbocycles. The zero-order chi connectivity index (χ0) is 20.6. The lowest BCUT2D eigenvalue weighted by molar-refractivity contribution is 0.186. The van der Waals surface area contributed by atoms with Gasteiger partial charge in [-0.25, -0.2) is 0 Å². The van der Waals surface area contributed by atoms with Crippen LogP contribution in [0.15, 0.2) is 47.5 Å². The monoisotopic (exact) mass is 527 g/mol. The van der Waals surface area contributed by atoms with E-state index >= 15 is 0 Å². The summed E-state index contributed by atoms with van der Waals surface area (Å²) >= 11 is 0. The molecule has 0 bridgehead atoms. The van der Waals surface area contributed by atoms with Crippen molar-refractivity contribution in [3.05, 3.63) is 53.6 Å². The maximum Gasteiger partial charge on any atom is 0.191 e. The average molecular weight is 527 g/mol. The summed E-state index contributed by atoms with van der Waals surface area (Å²) in [4.78, 5) is 4.52. The Balaban J connectivity index is 0.00000320. The zero-order valence-electron chi connectivity index (χ0n) is 17.6. The van der Waals surface area contributed by atoms with Crippen molar-refractivity contribution in [2.24, 2.45) is 4.99 Å². The van der Waals surface area contributed by atoms with E-state index in [1.54, 1.807) is 32.4 Å². The lowest BCUT2D eigenvalue weighted by atomic mass is 10.1. The first kappa shape index (κ1) is 24.1. The molecule has 3 rings (SSSR count). The number of hydrogen-bond acceptors (Lipinski definition) is 5. The molecule has 2 unspecified atom stereocenters. The number of ether oxygens (including phenoxy) is 3. The molecule has 2 aromatic rings. The van der Waals surface area contributed by atoms with Crippen LogP contribution in [0, 0.1) is 0 Å². The summed E-state index contributed by atoms with van der Waals surface area (Å²) in [6.07, 6.45) is 0.153. The minimum absolute atomic E-state index is 0. The average Bonchev–Trinajstić information content (AvgIpc) is 3.18. The number of aliphatic hydroxyl groups excluding tert-OH is 1. The van der Waals surface area contributed by atoms with Gasteiger partial charge in [0.1, 0.15) is 23.4 Å². The van der Waals surface area contributed by atoms with Crippen LogP contribution in [0.2, 0.25) is 0 Å². The van der Waals surface area contributed by atoms with Crippen LogP contribution in [0.25, 0.3) is 0 Å². The van der Waals surface area contributed by atoms with E-state index in [1.165, 1.54) is 5.56 Å².